The van der Waals surface area contributed by atoms with Crippen molar-refractivity contribution >= 4 is 65.7 Å². The summed E-state index contributed by atoms with van der Waals surface area (Å²) in [5, 5.41) is 10.1. The van der Waals surface area contributed by atoms with Gasteiger partial charge >= 0.3 is 65.7 Å². The van der Waals surface area contributed by atoms with Crippen molar-refractivity contribution in [2.45, 2.75) is 287 Å². The third-order valence-electron chi connectivity index (χ3n) is 26.3. The van der Waals surface area contributed by atoms with Crippen molar-refractivity contribution < 1.29 is 157 Å². The van der Waals surface area contributed by atoms with E-state index in [4.69, 9.17) is 94.7 Å². The zero-order valence-corrected chi connectivity index (χ0v) is 80.8. The molecule has 0 aromatic heterocycles. The fraction of sp³-hybridized carbons (Fsp3) is 0.699. The summed E-state index contributed by atoms with van der Waals surface area (Å²) in [4.78, 5) is 121. The smallest absolute Gasteiger partial charge is 0.333 e. The molecule has 33 heteroatoms. The monoisotopic (exact) mass is 1910 g/mol. The van der Waals surface area contributed by atoms with E-state index in [0.717, 1.165) is 152 Å². The van der Waals surface area contributed by atoms with E-state index in [9.17, 15) is 57.8 Å². The number of aliphatic hydroxyl groups is 1. The van der Waals surface area contributed by atoms with E-state index in [1.165, 1.54) is 31.4 Å². The molecule has 18 fully saturated rings. The molecular weight excluding hydrogens is 1770 g/mol. The van der Waals surface area contributed by atoms with Crippen LogP contribution in [0, 0.1) is 65.1 Å². The van der Waals surface area contributed by atoms with Gasteiger partial charge in [0.15, 0.2) is 0 Å². The predicted molar refractivity (Wildman–Crippen MR) is 493 cm³/mol. The van der Waals surface area contributed by atoms with Crippen molar-refractivity contribution in [3.05, 3.63) is 123 Å². The van der Waals surface area contributed by atoms with E-state index in [2.05, 4.69) is 70.5 Å². The Morgan fingerprint density at radius 1 is 0.301 bits per heavy atom. The topological polar surface area (TPSA) is 435 Å². The molecule has 18 rings (SSSR count). The highest BCUT2D eigenvalue weighted by atomic mass is 16.6. The Kier molecular flexibility index (Phi) is 45.4. The van der Waals surface area contributed by atoms with Gasteiger partial charge < -0.3 is 105 Å². The van der Waals surface area contributed by atoms with E-state index in [0.29, 0.717) is 246 Å². The summed E-state index contributed by atoms with van der Waals surface area (Å²) in [6, 6.07) is 0. The van der Waals surface area contributed by atoms with Crippen LogP contribution in [0.5, 0.6) is 0 Å². The molecule has 10 aliphatic heterocycles. The highest BCUT2D eigenvalue weighted by Crippen LogP contribution is 2.66. The molecule has 8 saturated carbocycles. The highest BCUT2D eigenvalue weighted by molar-refractivity contribution is 5.89. The van der Waals surface area contributed by atoms with Crippen LogP contribution in [-0.2, 0) is 152 Å². The maximum absolute atomic E-state index is 12.4. The van der Waals surface area contributed by atoms with Crippen molar-refractivity contribution in [1.29, 1.82) is 0 Å². The number of epoxide rings is 10. The summed E-state index contributed by atoms with van der Waals surface area (Å²) in [7, 11) is 0. The number of carbonyl (C=O) groups excluding carboxylic acids is 11. The zero-order valence-electron chi connectivity index (χ0n) is 80.8. The normalized spacial score (nSPS) is 32.2. The Labute approximate surface area is 800 Å². The fourth-order valence-electron chi connectivity index (χ4n) is 17.6. The molecule has 27 atom stereocenters. The first-order chi connectivity index (χ1) is 65.0. The van der Waals surface area contributed by atoms with Gasteiger partial charge in [-0.15, -0.1) is 0 Å². The molecule has 10 heterocycles. The van der Waals surface area contributed by atoms with Crippen LogP contribution in [0.1, 0.15) is 190 Å². The third-order valence-corrected chi connectivity index (χ3v) is 26.3. The van der Waals surface area contributed by atoms with Crippen LogP contribution in [0.25, 0.3) is 0 Å². The van der Waals surface area contributed by atoms with Crippen molar-refractivity contribution in [2.24, 2.45) is 65.1 Å². The molecule has 33 nitrogen and oxygen atoms in total. The summed E-state index contributed by atoms with van der Waals surface area (Å²) < 4.78 is 107. The van der Waals surface area contributed by atoms with Crippen LogP contribution in [-0.4, -0.2) is 274 Å². The van der Waals surface area contributed by atoms with E-state index >= 15 is 0 Å². The van der Waals surface area contributed by atoms with Gasteiger partial charge in [0.1, 0.15) is 25.4 Å². The van der Waals surface area contributed by atoms with Gasteiger partial charge in [-0.25, -0.2) is 47.9 Å². The Hall–Kier alpha value is -8.87. The number of hydrogen-bond donors (Lipinski definition) is 1. The number of carbonyl (C=O) groups is 11. The molecule has 10 saturated heterocycles. The minimum atomic E-state index is -0.552. The molecule has 27 unspecified atom stereocenters. The maximum atomic E-state index is 12.4. The molecule has 8 aliphatic carbocycles. The number of hydrogen-bond acceptors (Lipinski definition) is 33. The third kappa shape index (κ3) is 41.7. The van der Waals surface area contributed by atoms with Gasteiger partial charge in [0.2, 0.25) is 0 Å². The van der Waals surface area contributed by atoms with Crippen LogP contribution in [0.2, 0.25) is 0 Å². The van der Waals surface area contributed by atoms with Crippen LogP contribution >= 0.6 is 0 Å². The molecule has 2 bridgehead atoms. The van der Waals surface area contributed by atoms with Gasteiger partial charge in [0, 0.05) is 75.5 Å². The number of esters is 11. The highest BCUT2D eigenvalue weighted by Gasteiger charge is 2.66. The lowest BCUT2D eigenvalue weighted by molar-refractivity contribution is -0.154. The minimum Gasteiger partial charge on any atom is -0.465 e. The first kappa shape index (κ1) is 111. The van der Waals surface area contributed by atoms with E-state index < -0.39 is 12.1 Å². The summed E-state index contributed by atoms with van der Waals surface area (Å²) >= 11 is 0. The molecule has 1 N–H and O–H groups in total. The summed E-state index contributed by atoms with van der Waals surface area (Å²) in [5.74, 6) is 1.79. The molecule has 0 spiro atoms. The lowest BCUT2D eigenvalue weighted by Gasteiger charge is -2.32. The van der Waals surface area contributed by atoms with E-state index in [1.807, 2.05) is 0 Å². The standard InChI is InChI=1S/C19H28O6.C15H20O3.C11H16O3.2C10H14O3.C9H14O3.2C8H12O3.C7H10O3.C6H8O3/c1-11(2)18(21)24-10-14-8-13(4-5-15(14)20)19(22)23-9-12-3-6-16-17(7-12)25-16;1-7(2)15(16)17-6-9-3-8-4-10(9)13-11(8)5-12-14(13)18-12;1-7(2)11(12)13-6-8-3-4-9-10(5-8)14-9;1-6(2)10(11)12-5-7-3-4-8-9(7)13-8;1-2-10(11)12-6-7-3-4-8-9(5-7)13-8;1-7(2)9(10)11-5-3-4-8-6-12-8;1-6(2)8(9)10-4-3-7-5-11-7;1-2-8(9)10-5-3-4-7-6-11-7;1-5(2)7(8)10-4-6-3-9-6;1-2-6(7)9-4-5-3-8-5/h12-17,20H,1,3-10H2,2H3;8-14H,1,3-6H2,2H3;8-10H,1,3-6H2,2H3;7-9H,1,3-5H2,2H3;2,7-9H,1,3-6H2;8H,1,3-6H2,2H3;7H,1,3-5H2,2H3;2,7H,1,3-6H2;6H,1,3-4H2,2H3;2,5H,1,3-4H2. The largest absolute Gasteiger partial charge is 0.465 e. The van der Waals surface area contributed by atoms with E-state index in [1.54, 1.807) is 48.5 Å². The molecule has 0 aromatic rings. The fourth-order valence-corrected chi connectivity index (χ4v) is 17.6. The number of rotatable bonds is 38. The SMILES string of the molecule is C=C(C)C(=O)OCC1CC(C(=O)OCC2CCC3OC3C2)CCC1O.C=C(C)C(=O)OCC1CC2CC1C1C2CC2OC21.C=C(C)C(=O)OCC1CCC2OC12.C=C(C)C(=O)OCC1CCC2OC2C1.C=C(C)C(=O)OCC1CO1.C=C(C)C(=O)OCCC1CO1.C=C(C)C(=O)OCCCC1CO1.C=CC(=O)OCC1CCC2OC2C1.C=CC(=O)OCC1CO1.C=CC(=O)OCCCC1CO1. The first-order valence-corrected chi connectivity index (χ1v) is 48.3. The average molecular weight is 1910 g/mol. The quantitative estimate of drug-likeness (QED) is 0.0197. The van der Waals surface area contributed by atoms with Gasteiger partial charge in [-0.05, 0) is 231 Å². The average Bonchev–Trinajstić information content (AvgIpc) is 1.54. The molecule has 0 aromatic carbocycles. The van der Waals surface area contributed by atoms with Gasteiger partial charge in [-0.3, -0.25) is 4.79 Å². The number of fused-ring (bicyclic) bond motifs is 11. The van der Waals surface area contributed by atoms with Gasteiger partial charge in [-0.2, -0.15) is 0 Å². The van der Waals surface area contributed by atoms with Crippen LogP contribution < -0.4 is 0 Å². The molecule has 136 heavy (non-hydrogen) atoms. The lowest BCUT2D eigenvalue weighted by atomic mass is 9.75. The molecule has 0 amide bonds. The summed E-state index contributed by atoms with van der Waals surface area (Å²) in [5.41, 5.74) is 3.10. The second-order valence-electron chi connectivity index (χ2n) is 38.5. The van der Waals surface area contributed by atoms with E-state index in [-0.39, 0.29) is 90.3 Å². The van der Waals surface area contributed by atoms with Gasteiger partial charge in [-0.1, -0.05) is 65.8 Å². The molecule has 0 radical (unpaired) electrons. The Morgan fingerprint density at radius 3 is 1.08 bits per heavy atom. The lowest BCUT2D eigenvalue weighted by Crippen LogP contribution is -2.36. The summed E-state index contributed by atoms with van der Waals surface area (Å²) in [6.45, 7) is 54.8. The second kappa shape index (κ2) is 55.8. The van der Waals surface area contributed by atoms with Crippen molar-refractivity contribution in [1.82, 2.24) is 0 Å². The second-order valence-corrected chi connectivity index (χ2v) is 38.5. The Bertz CT molecular complexity index is 4120. The maximum Gasteiger partial charge on any atom is 0.333 e. The van der Waals surface area contributed by atoms with Gasteiger partial charge in [0.05, 0.1) is 184 Å². The number of aliphatic hydroxyl groups excluding tert-OH is 1. The summed E-state index contributed by atoms with van der Waals surface area (Å²) in [6.07, 6.45) is 31.2. The Balaban J connectivity index is 0.000000172. The van der Waals surface area contributed by atoms with Gasteiger partial charge in [0.25, 0.3) is 0 Å². The van der Waals surface area contributed by atoms with Crippen LogP contribution in [0.4, 0.5) is 0 Å². The van der Waals surface area contributed by atoms with Crippen molar-refractivity contribution in [2.75, 3.05) is 106 Å². The van der Waals surface area contributed by atoms with Crippen LogP contribution in [0.3, 0.4) is 0 Å². The van der Waals surface area contributed by atoms with Crippen molar-refractivity contribution in [3.8, 4) is 0 Å². The minimum absolute atomic E-state index is 0.111. The molecule has 758 valence electrons. The first-order valence-electron chi connectivity index (χ1n) is 48.3. The van der Waals surface area contributed by atoms with Crippen LogP contribution in [0.15, 0.2) is 123 Å². The predicted octanol–water partition coefficient (Wildman–Crippen LogP) is 12.1. The van der Waals surface area contributed by atoms with Crippen molar-refractivity contribution in [3.63, 3.8) is 0 Å². The number of ether oxygens (including phenoxy) is 21. The molecule has 18 aliphatic rings. The Morgan fingerprint density at radius 2 is 0.662 bits per heavy atom. The zero-order chi connectivity index (χ0) is 98.8. The molecular formula is C103H148O33.